The second-order valence-corrected chi connectivity index (χ2v) is 7.64. The van der Waals surface area contributed by atoms with Crippen LogP contribution in [0.4, 0.5) is 0 Å². The molecule has 2 N–H and O–H groups in total. The molecule has 1 aromatic carbocycles. The average molecular weight is 353 g/mol. The van der Waals surface area contributed by atoms with E-state index in [9.17, 15) is 4.21 Å². The van der Waals surface area contributed by atoms with Crippen molar-refractivity contribution in [1.29, 1.82) is 0 Å². The van der Waals surface area contributed by atoms with Crippen LogP contribution < -0.4 is 9.46 Å². The van der Waals surface area contributed by atoms with Gasteiger partial charge in [-0.05, 0) is 42.4 Å². The van der Waals surface area contributed by atoms with E-state index in [4.69, 9.17) is 14.0 Å². The minimum absolute atomic E-state index is 0.535. The Hall–Kier alpha value is -0.950. The monoisotopic (exact) mass is 353 g/mol. The van der Waals surface area contributed by atoms with Crippen LogP contribution in [0.3, 0.4) is 0 Å². The molecule has 24 heavy (non-hydrogen) atoms. The molecule has 2 fully saturated rings. The molecule has 5 nitrogen and oxygen atoms in total. The van der Waals surface area contributed by atoms with Gasteiger partial charge in [0.15, 0.2) is 0 Å². The topological polar surface area (TPSA) is 67.8 Å². The summed E-state index contributed by atoms with van der Waals surface area (Å²) in [6.45, 7) is 2.98. The van der Waals surface area contributed by atoms with Gasteiger partial charge in [0, 0.05) is 12.5 Å². The molecule has 1 heterocycles. The molecule has 3 rings (SSSR count). The first kappa shape index (κ1) is 17.9. The molecular weight excluding hydrogens is 326 g/mol. The van der Waals surface area contributed by atoms with Crippen molar-refractivity contribution in [1.82, 2.24) is 4.72 Å². The summed E-state index contributed by atoms with van der Waals surface area (Å²) in [4.78, 5) is 0. The minimum Gasteiger partial charge on any atom is -0.493 e. The van der Waals surface area contributed by atoms with Crippen molar-refractivity contribution >= 4 is 11.3 Å². The van der Waals surface area contributed by atoms with Gasteiger partial charge in [-0.3, -0.25) is 4.55 Å². The van der Waals surface area contributed by atoms with Crippen LogP contribution >= 0.6 is 0 Å². The standard InChI is InChI=1S/C18H27NO4S/c20-24(21)19-10-9-14-3-1-2-4-16(14)13-23-18-7-5-15(6-8-18)17-11-22-12-17/h5-8,14,16-17,19H,1-4,9-13H2,(H,20,21). The van der Waals surface area contributed by atoms with Crippen molar-refractivity contribution < 1.29 is 18.2 Å². The zero-order valence-corrected chi connectivity index (χ0v) is 14.8. The minimum atomic E-state index is -1.91. The Morgan fingerprint density at radius 1 is 1.17 bits per heavy atom. The highest BCUT2D eigenvalue weighted by atomic mass is 32.2. The maximum Gasteiger partial charge on any atom is 0.231 e. The fourth-order valence-electron chi connectivity index (χ4n) is 3.68. The van der Waals surface area contributed by atoms with Gasteiger partial charge in [0.2, 0.25) is 11.3 Å². The van der Waals surface area contributed by atoms with E-state index in [-0.39, 0.29) is 0 Å². The van der Waals surface area contributed by atoms with Gasteiger partial charge in [0.25, 0.3) is 0 Å². The third kappa shape index (κ3) is 5.02. The van der Waals surface area contributed by atoms with Crippen molar-refractivity contribution in [2.24, 2.45) is 11.8 Å². The number of benzene rings is 1. The summed E-state index contributed by atoms with van der Waals surface area (Å²) >= 11 is -1.91. The van der Waals surface area contributed by atoms with Crippen molar-refractivity contribution in [3.63, 3.8) is 0 Å². The highest BCUT2D eigenvalue weighted by Crippen LogP contribution is 2.33. The van der Waals surface area contributed by atoms with Crippen LogP contribution in [0.1, 0.15) is 43.6 Å². The molecule has 1 aliphatic heterocycles. The number of rotatable bonds is 8. The Labute approximate surface area is 146 Å². The first-order chi connectivity index (χ1) is 11.7. The van der Waals surface area contributed by atoms with Crippen LogP contribution in [0.5, 0.6) is 5.75 Å². The van der Waals surface area contributed by atoms with Crippen molar-refractivity contribution in [2.45, 2.75) is 38.0 Å². The van der Waals surface area contributed by atoms with Crippen LogP contribution in [0.15, 0.2) is 24.3 Å². The summed E-state index contributed by atoms with van der Waals surface area (Å²) in [5.74, 6) is 2.58. The van der Waals surface area contributed by atoms with E-state index in [0.717, 1.165) is 32.0 Å². The van der Waals surface area contributed by atoms with E-state index < -0.39 is 11.3 Å². The van der Waals surface area contributed by atoms with E-state index in [1.165, 1.54) is 31.2 Å². The smallest absolute Gasteiger partial charge is 0.231 e. The lowest BCUT2D eigenvalue weighted by molar-refractivity contribution is 0.00839. The molecule has 134 valence electrons. The number of hydrogen-bond acceptors (Lipinski definition) is 3. The zero-order valence-electron chi connectivity index (χ0n) is 14.0. The lowest BCUT2D eigenvalue weighted by Crippen LogP contribution is -2.29. The van der Waals surface area contributed by atoms with Crippen molar-refractivity contribution in [3.8, 4) is 5.75 Å². The van der Waals surface area contributed by atoms with E-state index in [1.54, 1.807) is 0 Å². The van der Waals surface area contributed by atoms with Crippen LogP contribution in [0, 0.1) is 11.8 Å². The molecule has 0 aromatic heterocycles. The van der Waals surface area contributed by atoms with Crippen molar-refractivity contribution in [2.75, 3.05) is 26.4 Å². The van der Waals surface area contributed by atoms with E-state index in [1.807, 2.05) is 0 Å². The van der Waals surface area contributed by atoms with Crippen LogP contribution in [0.2, 0.25) is 0 Å². The summed E-state index contributed by atoms with van der Waals surface area (Å²) in [7, 11) is 0. The molecule has 1 aliphatic carbocycles. The Kier molecular flexibility index (Phi) is 6.66. The molecule has 0 radical (unpaired) electrons. The maximum absolute atomic E-state index is 10.7. The third-order valence-electron chi connectivity index (χ3n) is 5.26. The quantitative estimate of drug-likeness (QED) is 0.705. The molecule has 0 bridgehead atoms. The SMILES string of the molecule is O=S(O)NCCC1CCCCC1COc1ccc(C2COC2)cc1. The van der Waals surface area contributed by atoms with Gasteiger partial charge >= 0.3 is 0 Å². The van der Waals surface area contributed by atoms with Gasteiger partial charge in [0.1, 0.15) is 5.75 Å². The van der Waals surface area contributed by atoms with Crippen LogP contribution in [-0.2, 0) is 16.0 Å². The third-order valence-corrected chi connectivity index (χ3v) is 5.71. The van der Waals surface area contributed by atoms with Crippen LogP contribution in [-0.4, -0.2) is 35.1 Å². The molecule has 6 heteroatoms. The maximum atomic E-state index is 10.7. The molecule has 2 aliphatic rings. The average Bonchev–Trinajstić information content (AvgIpc) is 2.53. The van der Waals surface area contributed by atoms with Gasteiger partial charge < -0.3 is 9.47 Å². The molecular formula is C18H27NO4S. The van der Waals surface area contributed by atoms with Crippen LogP contribution in [0.25, 0.3) is 0 Å². The molecule has 1 saturated heterocycles. The van der Waals surface area contributed by atoms with Gasteiger partial charge in [-0.1, -0.05) is 31.4 Å². The Bertz CT molecular complexity index is 532. The first-order valence-corrected chi connectivity index (χ1v) is 9.98. The zero-order chi connectivity index (χ0) is 16.8. The summed E-state index contributed by atoms with van der Waals surface area (Å²) in [5, 5.41) is 0. The summed E-state index contributed by atoms with van der Waals surface area (Å²) in [6, 6.07) is 8.40. The van der Waals surface area contributed by atoms with Gasteiger partial charge in [-0.25, -0.2) is 8.93 Å². The highest BCUT2D eigenvalue weighted by Gasteiger charge is 2.25. The lowest BCUT2D eigenvalue weighted by atomic mass is 9.78. The first-order valence-electron chi connectivity index (χ1n) is 8.87. The molecule has 1 saturated carbocycles. The molecule has 0 spiro atoms. The second kappa shape index (κ2) is 8.94. The highest BCUT2D eigenvalue weighted by molar-refractivity contribution is 7.77. The normalized spacial score (nSPS) is 25.9. The number of nitrogens with one attached hydrogen (secondary N) is 1. The van der Waals surface area contributed by atoms with Gasteiger partial charge in [-0.15, -0.1) is 0 Å². The van der Waals surface area contributed by atoms with E-state index in [0.29, 0.717) is 24.3 Å². The number of hydrogen-bond donors (Lipinski definition) is 2. The predicted octanol–water partition coefficient (Wildman–Crippen LogP) is 3.10. The Balaban J connectivity index is 1.46. The summed E-state index contributed by atoms with van der Waals surface area (Å²) < 4.78 is 33.4. The van der Waals surface area contributed by atoms with Crippen molar-refractivity contribution in [3.05, 3.63) is 29.8 Å². The lowest BCUT2D eigenvalue weighted by Gasteiger charge is -2.31. The fourth-order valence-corrected chi connectivity index (χ4v) is 3.98. The van der Waals surface area contributed by atoms with E-state index >= 15 is 0 Å². The van der Waals surface area contributed by atoms with Gasteiger partial charge in [0.05, 0.1) is 19.8 Å². The molecule has 3 atom stereocenters. The molecule has 3 unspecified atom stereocenters. The summed E-state index contributed by atoms with van der Waals surface area (Å²) in [6.07, 6.45) is 5.81. The van der Waals surface area contributed by atoms with Gasteiger partial charge in [-0.2, -0.15) is 0 Å². The Morgan fingerprint density at radius 3 is 2.50 bits per heavy atom. The fraction of sp³-hybridized carbons (Fsp3) is 0.667. The largest absolute Gasteiger partial charge is 0.493 e. The Morgan fingerprint density at radius 2 is 1.88 bits per heavy atom. The predicted molar refractivity (Wildman–Crippen MR) is 94.3 cm³/mol. The number of ether oxygens (including phenoxy) is 2. The second-order valence-electron chi connectivity index (χ2n) is 6.85. The van der Waals surface area contributed by atoms with E-state index in [2.05, 4.69) is 29.0 Å². The molecule has 1 aromatic rings. The summed E-state index contributed by atoms with van der Waals surface area (Å²) in [5.41, 5.74) is 1.33. The molecule has 0 amide bonds.